The molecule has 88 valence electrons. The maximum Gasteiger partial charge on any atom is 0.331 e. The van der Waals surface area contributed by atoms with E-state index in [1.807, 2.05) is 11.8 Å². The van der Waals surface area contributed by atoms with E-state index in [9.17, 15) is 4.79 Å². The average molecular weight is 231 g/mol. The predicted octanol–water partition coefficient (Wildman–Crippen LogP) is 2.19. The first-order chi connectivity index (χ1) is 7.31. The summed E-state index contributed by atoms with van der Waals surface area (Å²) in [4.78, 5) is 10.7. The fourth-order valence-electron chi connectivity index (χ4n) is 1.11. The molecule has 0 saturated carbocycles. The number of ether oxygens (including phenoxy) is 1. The summed E-state index contributed by atoms with van der Waals surface area (Å²) in [5.74, 6) is 0.942. The third-order valence-corrected chi connectivity index (χ3v) is 2.65. The molecule has 0 aromatic carbocycles. The Morgan fingerprint density at radius 1 is 1.33 bits per heavy atom. The molecule has 0 aromatic heterocycles. The van der Waals surface area contributed by atoms with E-state index in [4.69, 9.17) is 0 Å². The molecule has 0 fully saturated rings. The summed E-state index contributed by atoms with van der Waals surface area (Å²) in [5, 5.41) is 3.05. The number of unbranched alkanes of at least 4 members (excludes halogenated alkanes) is 3. The number of esters is 1. The van der Waals surface area contributed by atoms with Crippen molar-refractivity contribution in [2.45, 2.75) is 25.7 Å². The van der Waals surface area contributed by atoms with Gasteiger partial charge in [0.1, 0.15) is 0 Å². The first-order valence-electron chi connectivity index (χ1n) is 5.28. The van der Waals surface area contributed by atoms with Gasteiger partial charge in [0.15, 0.2) is 0 Å². The smallest absolute Gasteiger partial charge is 0.331 e. The van der Waals surface area contributed by atoms with Crippen molar-refractivity contribution in [1.82, 2.24) is 5.32 Å². The molecule has 1 N–H and O–H groups in total. The van der Waals surface area contributed by atoms with E-state index >= 15 is 0 Å². The average Bonchev–Trinajstić information content (AvgIpc) is 2.26. The van der Waals surface area contributed by atoms with Gasteiger partial charge in [-0.3, -0.25) is 0 Å². The Hall–Kier alpha value is -0.640. The lowest BCUT2D eigenvalue weighted by Gasteiger charge is -2.00. The van der Waals surface area contributed by atoms with Gasteiger partial charge in [0.25, 0.3) is 0 Å². The molecule has 3 nitrogen and oxygen atoms in total. The standard InChI is InChI=1S/C11H21NO2S/c1-14-11(13)7-9-12-8-5-3-4-6-10-15-2/h7,9,12H,3-6,8,10H2,1-2H3/b9-7+. The van der Waals surface area contributed by atoms with Crippen molar-refractivity contribution in [3.63, 3.8) is 0 Å². The molecule has 0 aromatic rings. The van der Waals surface area contributed by atoms with Crippen LogP contribution >= 0.6 is 11.8 Å². The van der Waals surface area contributed by atoms with Crippen LogP contribution in [0.4, 0.5) is 0 Å². The Morgan fingerprint density at radius 2 is 2.07 bits per heavy atom. The molecule has 0 heterocycles. The number of hydrogen-bond acceptors (Lipinski definition) is 4. The third-order valence-electron chi connectivity index (χ3n) is 1.96. The molecule has 15 heavy (non-hydrogen) atoms. The monoisotopic (exact) mass is 231 g/mol. The molecular weight excluding hydrogens is 210 g/mol. The molecule has 0 atom stereocenters. The zero-order valence-corrected chi connectivity index (χ0v) is 10.4. The number of carbonyl (C=O) groups excluding carboxylic acids is 1. The highest BCUT2D eigenvalue weighted by Crippen LogP contribution is 2.03. The van der Waals surface area contributed by atoms with Crippen LogP contribution < -0.4 is 5.32 Å². The Bertz CT molecular complexity index is 183. The van der Waals surface area contributed by atoms with E-state index < -0.39 is 0 Å². The molecule has 0 rings (SSSR count). The van der Waals surface area contributed by atoms with Gasteiger partial charge in [-0.1, -0.05) is 12.8 Å². The number of rotatable bonds is 9. The lowest BCUT2D eigenvalue weighted by Crippen LogP contribution is -2.08. The van der Waals surface area contributed by atoms with Gasteiger partial charge in [-0.25, -0.2) is 4.79 Å². The highest BCUT2D eigenvalue weighted by molar-refractivity contribution is 7.98. The number of nitrogens with one attached hydrogen (secondary N) is 1. The van der Waals surface area contributed by atoms with E-state index in [1.165, 1.54) is 38.2 Å². The molecule has 0 aliphatic rings. The molecule has 0 radical (unpaired) electrons. The van der Waals surface area contributed by atoms with E-state index in [1.54, 1.807) is 6.20 Å². The number of hydrogen-bond donors (Lipinski definition) is 1. The Morgan fingerprint density at radius 3 is 2.73 bits per heavy atom. The fourth-order valence-corrected chi connectivity index (χ4v) is 1.60. The van der Waals surface area contributed by atoms with Gasteiger partial charge >= 0.3 is 5.97 Å². The summed E-state index contributed by atoms with van der Waals surface area (Å²) < 4.78 is 4.45. The lowest BCUT2D eigenvalue weighted by molar-refractivity contribution is -0.134. The van der Waals surface area contributed by atoms with Crippen LogP contribution in [-0.2, 0) is 9.53 Å². The van der Waals surface area contributed by atoms with Crippen LogP contribution in [0.5, 0.6) is 0 Å². The van der Waals surface area contributed by atoms with Crippen LogP contribution in [-0.4, -0.2) is 31.6 Å². The van der Waals surface area contributed by atoms with Crippen LogP contribution in [0.3, 0.4) is 0 Å². The van der Waals surface area contributed by atoms with Crippen molar-refractivity contribution < 1.29 is 9.53 Å². The summed E-state index contributed by atoms with van der Waals surface area (Å²) >= 11 is 1.90. The van der Waals surface area contributed by atoms with Gasteiger partial charge in [-0.2, -0.15) is 11.8 Å². The minimum Gasteiger partial charge on any atom is -0.466 e. The third kappa shape index (κ3) is 11.3. The molecule has 0 aliphatic heterocycles. The molecule has 0 unspecified atom stereocenters. The second kappa shape index (κ2) is 11.4. The highest BCUT2D eigenvalue weighted by Gasteiger charge is 1.90. The zero-order valence-electron chi connectivity index (χ0n) is 9.62. The van der Waals surface area contributed by atoms with Crippen LogP contribution in [0.15, 0.2) is 12.3 Å². The zero-order chi connectivity index (χ0) is 11.4. The Kier molecular flexibility index (Phi) is 10.9. The van der Waals surface area contributed by atoms with E-state index in [2.05, 4.69) is 16.3 Å². The van der Waals surface area contributed by atoms with E-state index in [0.717, 1.165) is 13.0 Å². The van der Waals surface area contributed by atoms with Gasteiger partial charge in [0.2, 0.25) is 0 Å². The van der Waals surface area contributed by atoms with Crippen molar-refractivity contribution in [1.29, 1.82) is 0 Å². The van der Waals surface area contributed by atoms with Crippen molar-refractivity contribution in [3.8, 4) is 0 Å². The maximum absolute atomic E-state index is 10.7. The molecule has 0 amide bonds. The van der Waals surface area contributed by atoms with Gasteiger partial charge in [0, 0.05) is 18.8 Å². The Labute approximate surface area is 96.6 Å². The van der Waals surface area contributed by atoms with Crippen molar-refractivity contribution >= 4 is 17.7 Å². The second-order valence-corrected chi connectivity index (χ2v) is 4.20. The molecule has 0 saturated heterocycles. The highest BCUT2D eigenvalue weighted by atomic mass is 32.2. The summed E-state index contributed by atoms with van der Waals surface area (Å²) in [5.41, 5.74) is 0. The maximum atomic E-state index is 10.7. The number of carbonyl (C=O) groups is 1. The summed E-state index contributed by atoms with van der Waals surface area (Å²) in [6, 6.07) is 0. The Balaban J connectivity index is 3.11. The minimum absolute atomic E-state index is 0.317. The van der Waals surface area contributed by atoms with Crippen LogP contribution in [0.25, 0.3) is 0 Å². The van der Waals surface area contributed by atoms with E-state index in [0.29, 0.717) is 0 Å². The SMILES string of the molecule is COC(=O)/C=C/NCCCCCCSC. The largest absolute Gasteiger partial charge is 0.466 e. The molecule has 0 spiro atoms. The van der Waals surface area contributed by atoms with Gasteiger partial charge < -0.3 is 10.1 Å². The second-order valence-electron chi connectivity index (χ2n) is 3.22. The van der Waals surface area contributed by atoms with Crippen LogP contribution in [0, 0.1) is 0 Å². The first-order valence-corrected chi connectivity index (χ1v) is 6.67. The summed E-state index contributed by atoms with van der Waals surface area (Å²) in [6.07, 6.45) is 10.2. The van der Waals surface area contributed by atoms with Crippen molar-refractivity contribution in [3.05, 3.63) is 12.3 Å². The lowest BCUT2D eigenvalue weighted by atomic mass is 10.2. The fraction of sp³-hybridized carbons (Fsp3) is 0.727. The topological polar surface area (TPSA) is 38.3 Å². The van der Waals surface area contributed by atoms with Gasteiger partial charge in [-0.05, 0) is 24.9 Å². The first kappa shape index (κ1) is 14.4. The number of thioether (sulfide) groups is 1. The molecule has 0 bridgehead atoms. The van der Waals surface area contributed by atoms with Crippen molar-refractivity contribution in [2.24, 2.45) is 0 Å². The normalized spacial score (nSPS) is 10.5. The van der Waals surface area contributed by atoms with Crippen LogP contribution in [0.2, 0.25) is 0 Å². The van der Waals surface area contributed by atoms with Crippen molar-refractivity contribution in [2.75, 3.05) is 25.7 Å². The predicted molar refractivity (Wildman–Crippen MR) is 66.0 cm³/mol. The summed E-state index contributed by atoms with van der Waals surface area (Å²) in [7, 11) is 1.37. The molecular formula is C11H21NO2S. The number of methoxy groups -OCH3 is 1. The van der Waals surface area contributed by atoms with Gasteiger partial charge in [0.05, 0.1) is 7.11 Å². The molecule has 0 aliphatic carbocycles. The molecule has 4 heteroatoms. The van der Waals surface area contributed by atoms with E-state index in [-0.39, 0.29) is 5.97 Å². The summed E-state index contributed by atoms with van der Waals surface area (Å²) in [6.45, 7) is 0.923. The minimum atomic E-state index is -0.317. The quantitative estimate of drug-likeness (QED) is 0.375. The van der Waals surface area contributed by atoms with Crippen LogP contribution in [0.1, 0.15) is 25.7 Å². The van der Waals surface area contributed by atoms with Gasteiger partial charge in [-0.15, -0.1) is 0 Å².